The quantitative estimate of drug-likeness (QED) is 0.0321. The van der Waals surface area contributed by atoms with Crippen molar-refractivity contribution in [2.75, 3.05) is 7.11 Å². The van der Waals surface area contributed by atoms with Gasteiger partial charge in [-0.3, -0.25) is 43.0 Å². The molecule has 0 saturated heterocycles. The van der Waals surface area contributed by atoms with Crippen molar-refractivity contribution in [1.29, 1.82) is 15.8 Å². The minimum absolute atomic E-state index is 0.167. The fraction of sp³-hybridized carbons (Fsp3) is 0.0513. The normalized spacial score (nSPS) is 10.8. The Morgan fingerprint density at radius 2 is 0.764 bits per heavy atom. The molecule has 0 saturated carbocycles. The number of aromatic nitrogens is 9. The summed E-state index contributed by atoms with van der Waals surface area (Å²) in [5.41, 5.74) is 5.15. The number of benzene rings is 9. The third-order valence-corrected chi connectivity index (χ3v) is 16.8. The van der Waals surface area contributed by atoms with E-state index in [0.29, 0.717) is 100 Å². The standard InChI is InChI=1S/C27H18N4O5.C26H16N4O5.C25H17BN4O5/c1-35-26(33)19-4-2-3-17(11-19)15-36-21-9-7-20(8-10-21)31-23-12-16(14-28)5-6-18(23)13-22-24(31)29-27(34)30-25(22)32;27-13-15-4-5-17-12-21-23(28-26(34)29-24(21)31)30(22(17)11-15)19-6-8-20(9-7-19)35-14-16-2-1-3-18(10-16)25(32)33;27-13-16-1-4-17-12-21-23(28-25(32)29-24(21)31)30(22(17)11-16)19-7-9-20(10-8-19)35-14-15-2-5-18(6-3-15)26(33)34/h2-13H,15H2,1H3,(H,30,32,34);1-12H,14H2,(H,32,33)(H,29,31,34);1-12,33-34H,14H2,(H,29,31,32). The van der Waals surface area contributed by atoms with Crippen LogP contribution in [0.2, 0.25) is 0 Å². The van der Waals surface area contributed by atoms with Crippen molar-refractivity contribution in [2.24, 2.45) is 0 Å². The molecule has 6 aliphatic rings. The predicted octanol–water partition coefficient (Wildman–Crippen LogP) is 8.05. The minimum atomic E-state index is -1.52. The molecule has 0 atom stereocenters. The lowest BCUT2D eigenvalue weighted by molar-refractivity contribution is 0.0599. The second-order valence-electron chi connectivity index (χ2n) is 23.6. The molecule has 0 fully saturated rings. The summed E-state index contributed by atoms with van der Waals surface area (Å²) >= 11 is 0. The van der Waals surface area contributed by atoms with Crippen LogP contribution in [0.4, 0.5) is 0 Å². The summed E-state index contributed by atoms with van der Waals surface area (Å²) in [4.78, 5) is 115. The number of esters is 1. The van der Waals surface area contributed by atoms with E-state index < -0.39 is 52.8 Å². The number of carbonyl (C=O) groups excluding carboxylic acids is 1. The van der Waals surface area contributed by atoms with E-state index in [-0.39, 0.29) is 59.5 Å². The smallest absolute Gasteiger partial charge is 0.488 e. The predicted molar refractivity (Wildman–Crippen MR) is 388 cm³/mol. The first-order chi connectivity index (χ1) is 51.3. The molecule has 0 amide bonds. The number of aromatic amines is 3. The van der Waals surface area contributed by atoms with Crippen molar-refractivity contribution < 1.29 is 43.7 Å². The zero-order chi connectivity index (χ0) is 74.3. The third kappa shape index (κ3) is 14.8. The maximum atomic E-state index is 12.5. The summed E-state index contributed by atoms with van der Waals surface area (Å²) in [6.07, 6.45) is 0. The van der Waals surface area contributed by atoms with E-state index in [1.807, 2.05) is 6.07 Å². The van der Waals surface area contributed by atoms with Crippen LogP contribution in [0.1, 0.15) is 54.1 Å². The first-order valence-electron chi connectivity index (χ1n) is 32.0. The van der Waals surface area contributed by atoms with Gasteiger partial charge in [0, 0.05) is 17.1 Å². The number of aromatic carboxylic acids is 1. The summed E-state index contributed by atoms with van der Waals surface area (Å²) in [6, 6.07) is 67.6. The van der Waals surface area contributed by atoms with Gasteiger partial charge >= 0.3 is 36.1 Å². The maximum absolute atomic E-state index is 12.5. The molecule has 6 heterocycles. The van der Waals surface area contributed by atoms with E-state index in [4.69, 9.17) is 24.1 Å². The average Bonchev–Trinajstić information content (AvgIpc) is 0.760. The second kappa shape index (κ2) is 30.0. The maximum Gasteiger partial charge on any atom is 0.488 e. The summed E-state index contributed by atoms with van der Waals surface area (Å²) in [7, 11) is -0.193. The molecule has 0 aromatic heterocycles. The van der Waals surface area contributed by atoms with Crippen molar-refractivity contribution >= 4 is 57.2 Å². The van der Waals surface area contributed by atoms with Gasteiger partial charge in [0.25, 0.3) is 16.7 Å². The van der Waals surface area contributed by atoms with Crippen LogP contribution in [-0.2, 0) is 24.6 Å². The first kappa shape index (κ1) is 69.3. The van der Waals surface area contributed by atoms with Crippen molar-refractivity contribution in [1.82, 2.24) is 43.6 Å². The number of pyridine rings is 3. The monoisotopic (exact) mass is 1410 g/mol. The van der Waals surface area contributed by atoms with Gasteiger partial charge in [0.2, 0.25) is 0 Å². The lowest BCUT2D eigenvalue weighted by Crippen LogP contribution is -2.29. The van der Waals surface area contributed by atoms with Gasteiger partial charge in [-0.1, -0.05) is 66.7 Å². The Morgan fingerprint density at radius 1 is 0.425 bits per heavy atom. The van der Waals surface area contributed by atoms with Gasteiger partial charge in [0.15, 0.2) is 17.5 Å². The van der Waals surface area contributed by atoms with Gasteiger partial charge in [-0.05, 0) is 190 Å². The molecule has 0 aliphatic carbocycles. The van der Waals surface area contributed by atoms with Crippen LogP contribution in [0.15, 0.2) is 247 Å². The highest BCUT2D eigenvalue weighted by Crippen LogP contribution is 2.33. The molecule has 9 aromatic rings. The van der Waals surface area contributed by atoms with Crippen LogP contribution in [-0.4, -0.2) is 84.9 Å². The highest BCUT2D eigenvalue weighted by molar-refractivity contribution is 6.58. The topological polar surface area (TPSA) is 406 Å². The molecule has 0 unspecified atom stereocenters. The van der Waals surface area contributed by atoms with E-state index in [1.54, 1.807) is 220 Å². The first-order valence-corrected chi connectivity index (χ1v) is 32.0. The Hall–Kier alpha value is -15.2. The van der Waals surface area contributed by atoms with Crippen LogP contribution in [0.25, 0.3) is 83.9 Å². The van der Waals surface area contributed by atoms with Crippen molar-refractivity contribution in [3.8, 4) is 86.7 Å². The number of hydrogen-bond donors (Lipinski definition) is 6. The summed E-state index contributed by atoms with van der Waals surface area (Å²) in [5.74, 6) is 0.783. The summed E-state index contributed by atoms with van der Waals surface area (Å²) in [5, 5.41) is 57.8. The number of nitriles is 3. The van der Waals surface area contributed by atoms with Gasteiger partial charge in [-0.25, -0.2) is 24.0 Å². The van der Waals surface area contributed by atoms with Gasteiger partial charge < -0.3 is 34.1 Å². The van der Waals surface area contributed by atoms with Gasteiger partial charge in [-0.15, -0.1) is 0 Å². The third-order valence-electron chi connectivity index (χ3n) is 16.8. The number of fused-ring (bicyclic) bond motifs is 6. The van der Waals surface area contributed by atoms with Gasteiger partial charge in [-0.2, -0.15) is 30.7 Å². The molecule has 27 nitrogen and oxygen atoms in total. The lowest BCUT2D eigenvalue weighted by Gasteiger charge is -2.18. The van der Waals surface area contributed by atoms with Gasteiger partial charge in [0.1, 0.15) is 37.1 Å². The molecule has 0 bridgehead atoms. The van der Waals surface area contributed by atoms with Gasteiger partial charge in [0.05, 0.1) is 86.4 Å². The molecule has 106 heavy (non-hydrogen) atoms. The molecule has 0 spiro atoms. The highest BCUT2D eigenvalue weighted by atomic mass is 16.5. The number of nitrogens with one attached hydrogen (secondary N) is 3. The van der Waals surface area contributed by atoms with Crippen LogP contribution >= 0.6 is 0 Å². The fourth-order valence-corrected chi connectivity index (χ4v) is 11.7. The fourth-order valence-electron chi connectivity index (χ4n) is 11.7. The number of rotatable bonds is 15. The molecule has 0 radical (unpaired) electrons. The van der Waals surface area contributed by atoms with E-state index in [2.05, 4.69) is 48.1 Å². The summed E-state index contributed by atoms with van der Waals surface area (Å²) < 4.78 is 27.3. The van der Waals surface area contributed by atoms with Crippen LogP contribution in [0, 0.1) is 34.0 Å². The molecule has 6 N–H and O–H groups in total. The number of carboxylic acids is 1. The largest absolute Gasteiger partial charge is 0.489 e. The summed E-state index contributed by atoms with van der Waals surface area (Å²) in [6.45, 7) is 0.677. The zero-order valence-corrected chi connectivity index (χ0v) is 55.2. The lowest BCUT2D eigenvalue weighted by atomic mass is 9.80. The Bertz CT molecular complexity index is 6370. The Balaban J connectivity index is 0.000000141. The second-order valence-corrected chi connectivity index (χ2v) is 23.6. The molecular weight excluding hydrogens is 1360 g/mol. The zero-order valence-electron chi connectivity index (χ0n) is 55.2. The molecule has 6 aliphatic heterocycles. The average molecular weight is 1410 g/mol. The Morgan fingerprint density at radius 3 is 1.09 bits per heavy atom. The van der Waals surface area contributed by atoms with E-state index in [1.165, 1.54) is 13.2 Å². The number of ether oxygens (including phenoxy) is 4. The molecule has 28 heteroatoms. The molecule has 15 rings (SSSR count). The van der Waals surface area contributed by atoms with Crippen LogP contribution in [0.5, 0.6) is 17.2 Å². The van der Waals surface area contributed by atoms with Crippen molar-refractivity contribution in [3.63, 3.8) is 0 Å². The number of carboxylic acid groups (broad SMARTS) is 1. The molecule has 516 valence electrons. The van der Waals surface area contributed by atoms with Crippen molar-refractivity contribution in [3.05, 3.63) is 325 Å². The van der Waals surface area contributed by atoms with Crippen LogP contribution < -0.4 is 53.4 Å². The van der Waals surface area contributed by atoms with Crippen molar-refractivity contribution in [2.45, 2.75) is 19.8 Å². The Kier molecular flexibility index (Phi) is 19.6. The SMILES string of the molecule is COC(=O)c1cccc(COc2ccc(-n3c4nc(=O)[nH]c(=O)c-4cc4ccc(C#N)cc43)cc2)c1.N#Cc1ccc2cc3c(=O)[nH]c(=O)nc-3n(-c3ccc(OCc4ccc(B(O)O)cc4)cc3)c2c1.N#Cc1ccc2cc3c(=O)[nH]c(=O)nc-3n(-c3ccc(OCc4cccc(C(=O)O)c4)cc3)c2c1. The van der Waals surface area contributed by atoms with E-state index in [0.717, 1.165) is 11.1 Å². The Labute approximate surface area is 596 Å². The highest BCUT2D eigenvalue weighted by Gasteiger charge is 2.23. The van der Waals surface area contributed by atoms with Crippen LogP contribution in [0.3, 0.4) is 0 Å². The molecular formula is C78H51BN12O15. The number of H-pyrrole nitrogens is 3. The number of carbonyl (C=O) groups is 2. The minimum Gasteiger partial charge on any atom is -0.489 e. The van der Waals surface area contributed by atoms with E-state index >= 15 is 0 Å². The van der Waals surface area contributed by atoms with E-state index in [9.17, 15) is 64.2 Å². The number of hydrogen-bond acceptors (Lipinski definition) is 20. The molecule has 9 aromatic carbocycles. The number of methoxy groups -OCH3 is 1. The number of nitrogens with zero attached hydrogens (tertiary/aromatic N) is 9.